The molecule has 6 nitrogen and oxygen atoms in total. The zero-order valence-electron chi connectivity index (χ0n) is 14.1. The van der Waals surface area contributed by atoms with Gasteiger partial charge in [-0.3, -0.25) is 9.59 Å². The van der Waals surface area contributed by atoms with E-state index in [0.29, 0.717) is 11.0 Å². The maximum Gasteiger partial charge on any atom is 0.375 e. The van der Waals surface area contributed by atoms with Gasteiger partial charge >= 0.3 is 5.97 Å². The van der Waals surface area contributed by atoms with Gasteiger partial charge in [-0.2, -0.15) is 0 Å². The summed E-state index contributed by atoms with van der Waals surface area (Å²) < 4.78 is 10.6. The fraction of sp³-hybridized carbons (Fsp3) is 0.421. The Morgan fingerprint density at radius 2 is 1.92 bits per heavy atom. The van der Waals surface area contributed by atoms with Crippen LogP contribution >= 0.6 is 0 Å². The Bertz CT molecular complexity index is 835. The third kappa shape index (κ3) is 4.07. The maximum atomic E-state index is 12.2. The van der Waals surface area contributed by atoms with Gasteiger partial charge in [0.2, 0.25) is 5.76 Å². The van der Waals surface area contributed by atoms with E-state index in [9.17, 15) is 14.4 Å². The van der Waals surface area contributed by atoms with Crippen LogP contribution in [-0.2, 0) is 9.53 Å². The molecule has 25 heavy (non-hydrogen) atoms. The minimum Gasteiger partial charge on any atom is -0.449 e. The van der Waals surface area contributed by atoms with E-state index in [0.717, 1.165) is 31.7 Å². The lowest BCUT2D eigenvalue weighted by Crippen LogP contribution is -2.42. The molecule has 1 amide bonds. The Labute approximate surface area is 145 Å². The Hall–Kier alpha value is -2.63. The molecule has 1 aliphatic rings. The predicted molar refractivity (Wildman–Crippen MR) is 92.4 cm³/mol. The molecule has 3 rings (SSSR count). The van der Waals surface area contributed by atoms with Crippen molar-refractivity contribution in [2.45, 2.75) is 51.2 Å². The predicted octanol–water partition coefficient (Wildman–Crippen LogP) is 2.79. The topological polar surface area (TPSA) is 85.6 Å². The molecule has 1 atom stereocenters. The second-order valence-corrected chi connectivity index (χ2v) is 6.36. The van der Waals surface area contributed by atoms with Gasteiger partial charge in [-0.05, 0) is 31.9 Å². The fourth-order valence-corrected chi connectivity index (χ4v) is 3.04. The SMILES string of the molecule is C[C@H](OC(=O)c1cc(=O)c2ccccc2o1)C(=O)NC1CCCCC1. The van der Waals surface area contributed by atoms with E-state index < -0.39 is 12.1 Å². The fourth-order valence-electron chi connectivity index (χ4n) is 3.04. The molecule has 1 aromatic heterocycles. The first kappa shape index (κ1) is 17.2. The highest BCUT2D eigenvalue weighted by Gasteiger charge is 2.24. The number of carbonyl (C=O) groups excluding carboxylic acids is 2. The minimum atomic E-state index is -0.953. The van der Waals surface area contributed by atoms with Gasteiger partial charge in [0.25, 0.3) is 5.91 Å². The number of carbonyl (C=O) groups is 2. The number of hydrogen-bond donors (Lipinski definition) is 1. The van der Waals surface area contributed by atoms with E-state index in [-0.39, 0.29) is 23.1 Å². The molecule has 1 aliphatic carbocycles. The van der Waals surface area contributed by atoms with Crippen molar-refractivity contribution in [3.05, 3.63) is 46.3 Å². The number of ether oxygens (including phenoxy) is 1. The maximum absolute atomic E-state index is 12.2. The number of fused-ring (bicyclic) bond motifs is 1. The van der Waals surface area contributed by atoms with Crippen LogP contribution in [-0.4, -0.2) is 24.0 Å². The number of esters is 1. The number of rotatable bonds is 4. The highest BCUT2D eigenvalue weighted by molar-refractivity contribution is 5.91. The molecule has 0 bridgehead atoms. The van der Waals surface area contributed by atoms with E-state index >= 15 is 0 Å². The molecular formula is C19H21NO5. The van der Waals surface area contributed by atoms with Gasteiger partial charge in [0.15, 0.2) is 11.5 Å². The van der Waals surface area contributed by atoms with Crippen LogP contribution in [0.15, 0.2) is 39.5 Å². The number of amides is 1. The smallest absolute Gasteiger partial charge is 0.375 e. The third-order valence-electron chi connectivity index (χ3n) is 4.44. The monoisotopic (exact) mass is 343 g/mol. The van der Waals surface area contributed by atoms with Crippen LogP contribution in [0.2, 0.25) is 0 Å². The highest BCUT2D eigenvalue weighted by atomic mass is 16.6. The van der Waals surface area contributed by atoms with Crippen molar-refractivity contribution in [3.8, 4) is 0 Å². The molecule has 1 heterocycles. The standard InChI is InChI=1S/C19H21NO5/c1-12(18(22)20-13-7-3-2-4-8-13)24-19(23)17-11-15(21)14-9-5-6-10-16(14)25-17/h5-6,9-13H,2-4,7-8H2,1H3,(H,20,22)/t12-/m0/s1. The lowest BCUT2D eigenvalue weighted by Gasteiger charge is -2.24. The molecule has 0 saturated heterocycles. The van der Waals surface area contributed by atoms with Crippen LogP contribution in [0.25, 0.3) is 11.0 Å². The van der Waals surface area contributed by atoms with E-state index in [1.54, 1.807) is 24.3 Å². The zero-order valence-corrected chi connectivity index (χ0v) is 14.1. The summed E-state index contributed by atoms with van der Waals surface area (Å²) in [4.78, 5) is 36.4. The van der Waals surface area contributed by atoms with Crippen molar-refractivity contribution in [1.29, 1.82) is 0 Å². The van der Waals surface area contributed by atoms with Gasteiger partial charge in [-0.15, -0.1) is 0 Å². The van der Waals surface area contributed by atoms with E-state index in [1.807, 2.05) is 0 Å². The summed E-state index contributed by atoms with van der Waals surface area (Å²) in [5, 5.41) is 3.30. The molecule has 132 valence electrons. The zero-order chi connectivity index (χ0) is 17.8. The van der Waals surface area contributed by atoms with Crippen LogP contribution in [0.5, 0.6) is 0 Å². The molecular weight excluding hydrogens is 322 g/mol. The third-order valence-corrected chi connectivity index (χ3v) is 4.44. The van der Waals surface area contributed by atoms with Crippen LogP contribution in [0.1, 0.15) is 49.6 Å². The van der Waals surface area contributed by atoms with Crippen molar-refractivity contribution in [2.75, 3.05) is 0 Å². The van der Waals surface area contributed by atoms with Crippen molar-refractivity contribution in [2.24, 2.45) is 0 Å². The first-order valence-corrected chi connectivity index (χ1v) is 8.59. The van der Waals surface area contributed by atoms with Gasteiger partial charge in [-0.1, -0.05) is 31.4 Å². The van der Waals surface area contributed by atoms with Gasteiger partial charge in [0, 0.05) is 12.1 Å². The summed E-state index contributed by atoms with van der Waals surface area (Å²) >= 11 is 0. The molecule has 0 spiro atoms. The van der Waals surface area contributed by atoms with Crippen molar-refractivity contribution < 1.29 is 18.7 Å². The summed E-state index contributed by atoms with van der Waals surface area (Å²) in [5.41, 5.74) is -0.0191. The molecule has 1 fully saturated rings. The normalized spacial score (nSPS) is 16.4. The van der Waals surface area contributed by atoms with Crippen molar-refractivity contribution in [1.82, 2.24) is 5.32 Å². The average Bonchev–Trinajstić information content (AvgIpc) is 2.62. The van der Waals surface area contributed by atoms with Gasteiger partial charge in [0.1, 0.15) is 5.58 Å². The second-order valence-electron chi connectivity index (χ2n) is 6.36. The first-order valence-electron chi connectivity index (χ1n) is 8.59. The Kier molecular flexibility index (Phi) is 5.16. The van der Waals surface area contributed by atoms with Crippen molar-refractivity contribution >= 4 is 22.8 Å². The molecule has 1 saturated carbocycles. The highest BCUT2D eigenvalue weighted by Crippen LogP contribution is 2.18. The lowest BCUT2D eigenvalue weighted by atomic mass is 9.95. The molecule has 0 radical (unpaired) electrons. The largest absolute Gasteiger partial charge is 0.449 e. The second kappa shape index (κ2) is 7.51. The quantitative estimate of drug-likeness (QED) is 0.863. The summed E-state index contributed by atoms with van der Waals surface area (Å²) in [7, 11) is 0. The molecule has 0 aliphatic heterocycles. The number of benzene rings is 1. The lowest BCUT2D eigenvalue weighted by molar-refractivity contribution is -0.130. The van der Waals surface area contributed by atoms with Crippen LogP contribution in [0.3, 0.4) is 0 Å². The first-order chi connectivity index (χ1) is 12.0. The van der Waals surface area contributed by atoms with E-state index in [1.165, 1.54) is 13.3 Å². The minimum absolute atomic E-state index is 0.140. The molecule has 6 heteroatoms. The van der Waals surface area contributed by atoms with Crippen LogP contribution in [0.4, 0.5) is 0 Å². The van der Waals surface area contributed by atoms with E-state index in [2.05, 4.69) is 5.32 Å². The van der Waals surface area contributed by atoms with Gasteiger partial charge in [-0.25, -0.2) is 4.79 Å². The van der Waals surface area contributed by atoms with E-state index in [4.69, 9.17) is 9.15 Å². The Morgan fingerprint density at radius 3 is 2.68 bits per heavy atom. The summed E-state index contributed by atoms with van der Waals surface area (Å²) in [6.45, 7) is 1.51. The van der Waals surface area contributed by atoms with Gasteiger partial charge < -0.3 is 14.5 Å². The summed E-state index contributed by atoms with van der Waals surface area (Å²) in [6, 6.07) is 7.89. The molecule has 2 aromatic rings. The molecule has 0 unspecified atom stereocenters. The number of hydrogen-bond acceptors (Lipinski definition) is 5. The number of nitrogens with one attached hydrogen (secondary N) is 1. The molecule has 1 N–H and O–H groups in total. The Morgan fingerprint density at radius 1 is 1.20 bits per heavy atom. The van der Waals surface area contributed by atoms with Crippen LogP contribution in [0, 0.1) is 0 Å². The Balaban J connectivity index is 1.66. The number of para-hydroxylation sites is 1. The average molecular weight is 343 g/mol. The van der Waals surface area contributed by atoms with Crippen LogP contribution < -0.4 is 10.7 Å². The van der Waals surface area contributed by atoms with Gasteiger partial charge in [0.05, 0.1) is 5.39 Å². The molecule has 1 aromatic carbocycles. The summed E-state index contributed by atoms with van der Waals surface area (Å²) in [5.74, 6) is -1.36. The summed E-state index contributed by atoms with van der Waals surface area (Å²) in [6.07, 6.45) is 4.34. The van der Waals surface area contributed by atoms with Crippen molar-refractivity contribution in [3.63, 3.8) is 0 Å².